The molecule has 0 aliphatic rings. The van der Waals surface area contributed by atoms with Crippen LogP contribution in [0.5, 0.6) is 0 Å². The number of nitrogens with two attached hydrogens (primary N) is 1. The molecule has 1 aromatic heterocycles. The second kappa shape index (κ2) is 9.87. The molecule has 4 aromatic rings. The van der Waals surface area contributed by atoms with Crippen LogP contribution >= 0.6 is 11.8 Å². The average molecular weight is 462 g/mol. The van der Waals surface area contributed by atoms with Crippen molar-refractivity contribution in [3.63, 3.8) is 0 Å². The van der Waals surface area contributed by atoms with E-state index in [9.17, 15) is 9.18 Å². The first-order valence-corrected chi connectivity index (χ1v) is 11.3. The first kappa shape index (κ1) is 22.5. The molecule has 0 spiro atoms. The van der Waals surface area contributed by atoms with Crippen LogP contribution in [0.2, 0.25) is 0 Å². The number of halogens is 1. The summed E-state index contributed by atoms with van der Waals surface area (Å²) in [6.45, 7) is 3.97. The van der Waals surface area contributed by atoms with Crippen molar-refractivity contribution in [1.82, 2.24) is 14.9 Å². The molecule has 1 atom stereocenters. The standard InChI is InChI=1S/C25H24FN5OS/c1-16-12-17(2)14-20(13-16)28-24(32)23(18-8-4-3-5-9-18)33-25-30-29-22(31(25)27)15-19-10-6-7-11-21(19)26/h3-14,23H,15,27H2,1-2H3,(H,28,32)/t23-/m1/s1. The van der Waals surface area contributed by atoms with Gasteiger partial charge in [-0.1, -0.05) is 66.4 Å². The summed E-state index contributed by atoms with van der Waals surface area (Å²) >= 11 is 1.20. The van der Waals surface area contributed by atoms with Crippen LogP contribution in [0.4, 0.5) is 10.1 Å². The Labute approximate surface area is 196 Å². The summed E-state index contributed by atoms with van der Waals surface area (Å²) in [6.07, 6.45) is 0.196. The Morgan fingerprint density at radius 1 is 1.03 bits per heavy atom. The average Bonchev–Trinajstić information content (AvgIpc) is 3.12. The van der Waals surface area contributed by atoms with Gasteiger partial charge in [-0.25, -0.2) is 9.07 Å². The molecule has 0 radical (unpaired) electrons. The first-order chi connectivity index (χ1) is 15.9. The van der Waals surface area contributed by atoms with Crippen LogP contribution in [0.1, 0.15) is 33.3 Å². The summed E-state index contributed by atoms with van der Waals surface area (Å²) in [5, 5.41) is 11.1. The summed E-state index contributed by atoms with van der Waals surface area (Å²) < 4.78 is 15.4. The second-order valence-corrected chi connectivity index (χ2v) is 8.88. The van der Waals surface area contributed by atoms with Crippen LogP contribution in [0.15, 0.2) is 78.0 Å². The lowest BCUT2D eigenvalue weighted by Crippen LogP contribution is -2.21. The minimum Gasteiger partial charge on any atom is -0.336 e. The van der Waals surface area contributed by atoms with Crippen LogP contribution in [0, 0.1) is 19.7 Å². The van der Waals surface area contributed by atoms with Gasteiger partial charge in [-0.2, -0.15) is 0 Å². The number of benzene rings is 3. The Hall–Kier alpha value is -3.65. The predicted octanol–water partition coefficient (Wildman–Crippen LogP) is 4.81. The number of rotatable bonds is 7. The molecule has 0 unspecified atom stereocenters. The highest BCUT2D eigenvalue weighted by Gasteiger charge is 2.26. The Kier molecular flexibility index (Phi) is 6.74. The zero-order chi connectivity index (χ0) is 23.4. The number of nitrogens with one attached hydrogen (secondary N) is 1. The number of aromatic nitrogens is 3. The molecule has 1 heterocycles. The van der Waals surface area contributed by atoms with E-state index in [2.05, 4.69) is 15.5 Å². The van der Waals surface area contributed by atoms with E-state index in [0.29, 0.717) is 16.5 Å². The highest BCUT2D eigenvalue weighted by atomic mass is 32.2. The number of aryl methyl sites for hydroxylation is 2. The summed E-state index contributed by atoms with van der Waals surface area (Å²) in [4.78, 5) is 13.3. The lowest BCUT2D eigenvalue weighted by atomic mass is 10.1. The molecule has 0 bridgehead atoms. The molecule has 8 heteroatoms. The molecule has 33 heavy (non-hydrogen) atoms. The quantitative estimate of drug-likeness (QED) is 0.305. The maximum absolute atomic E-state index is 14.1. The van der Waals surface area contributed by atoms with Gasteiger partial charge >= 0.3 is 0 Å². The Balaban J connectivity index is 1.59. The number of carbonyl (C=O) groups excluding carboxylic acids is 1. The molecule has 0 aliphatic carbocycles. The molecule has 6 nitrogen and oxygen atoms in total. The Morgan fingerprint density at radius 2 is 1.70 bits per heavy atom. The number of hydrogen-bond acceptors (Lipinski definition) is 5. The van der Waals surface area contributed by atoms with E-state index < -0.39 is 5.25 Å². The molecular weight excluding hydrogens is 437 g/mol. The van der Waals surface area contributed by atoms with Crippen LogP contribution in [0.25, 0.3) is 0 Å². The van der Waals surface area contributed by atoms with E-state index in [1.807, 2.05) is 62.4 Å². The zero-order valence-corrected chi connectivity index (χ0v) is 19.1. The predicted molar refractivity (Wildman–Crippen MR) is 129 cm³/mol. The molecular formula is C25H24FN5OS. The third-order valence-corrected chi connectivity index (χ3v) is 6.31. The molecule has 4 rings (SSSR count). The van der Waals surface area contributed by atoms with Crippen molar-refractivity contribution in [2.45, 2.75) is 30.7 Å². The fourth-order valence-corrected chi connectivity index (χ4v) is 4.56. The molecule has 168 valence electrons. The van der Waals surface area contributed by atoms with Gasteiger partial charge in [0.2, 0.25) is 11.1 Å². The molecule has 0 fully saturated rings. The van der Waals surface area contributed by atoms with Gasteiger partial charge in [-0.15, -0.1) is 10.2 Å². The highest BCUT2D eigenvalue weighted by molar-refractivity contribution is 8.00. The van der Waals surface area contributed by atoms with Gasteiger partial charge in [0.25, 0.3) is 0 Å². The monoisotopic (exact) mass is 461 g/mol. The fourth-order valence-electron chi connectivity index (χ4n) is 3.58. The zero-order valence-electron chi connectivity index (χ0n) is 18.3. The van der Waals surface area contributed by atoms with Gasteiger partial charge in [-0.05, 0) is 54.3 Å². The van der Waals surface area contributed by atoms with E-state index in [-0.39, 0.29) is 18.1 Å². The van der Waals surface area contributed by atoms with E-state index in [4.69, 9.17) is 5.84 Å². The van der Waals surface area contributed by atoms with Crippen LogP contribution in [0.3, 0.4) is 0 Å². The summed E-state index contributed by atoms with van der Waals surface area (Å²) in [5.41, 5.74) is 4.14. The highest BCUT2D eigenvalue weighted by Crippen LogP contribution is 2.35. The number of hydrogen-bond donors (Lipinski definition) is 2. The van der Waals surface area contributed by atoms with E-state index >= 15 is 0 Å². The second-order valence-electron chi connectivity index (χ2n) is 7.81. The van der Waals surface area contributed by atoms with Crippen molar-refractivity contribution in [3.05, 3.63) is 107 Å². The molecule has 3 N–H and O–H groups in total. The minimum absolute atomic E-state index is 0.196. The van der Waals surface area contributed by atoms with Gasteiger partial charge in [0.15, 0.2) is 5.82 Å². The summed E-state index contributed by atoms with van der Waals surface area (Å²) in [6, 6.07) is 21.8. The Morgan fingerprint density at radius 3 is 2.39 bits per heavy atom. The van der Waals surface area contributed by atoms with E-state index in [1.165, 1.54) is 22.5 Å². The lowest BCUT2D eigenvalue weighted by molar-refractivity contribution is -0.115. The fraction of sp³-hybridized carbons (Fsp3) is 0.160. The number of anilines is 1. The Bertz CT molecular complexity index is 1250. The molecule has 0 saturated heterocycles. The first-order valence-electron chi connectivity index (χ1n) is 10.4. The van der Waals surface area contributed by atoms with Crippen LogP contribution in [-0.2, 0) is 11.2 Å². The topological polar surface area (TPSA) is 85.8 Å². The molecule has 0 aliphatic heterocycles. The maximum atomic E-state index is 14.1. The number of carbonyl (C=O) groups is 1. The van der Waals surface area contributed by atoms with Gasteiger partial charge in [0.1, 0.15) is 11.1 Å². The van der Waals surface area contributed by atoms with Gasteiger partial charge in [0, 0.05) is 12.1 Å². The third-order valence-electron chi connectivity index (χ3n) is 5.09. The SMILES string of the molecule is Cc1cc(C)cc(NC(=O)[C@H](Sc2nnc(Cc3ccccc3F)n2N)c2ccccc2)c1. The number of nitrogens with zero attached hydrogens (tertiary/aromatic N) is 3. The van der Waals surface area contributed by atoms with Crippen molar-refractivity contribution in [2.75, 3.05) is 11.2 Å². The maximum Gasteiger partial charge on any atom is 0.242 e. The molecule has 1 amide bonds. The van der Waals surface area contributed by atoms with Gasteiger partial charge < -0.3 is 11.2 Å². The third kappa shape index (κ3) is 5.40. The number of thioether (sulfide) groups is 1. The normalized spacial score (nSPS) is 11.8. The van der Waals surface area contributed by atoms with Crippen molar-refractivity contribution < 1.29 is 9.18 Å². The van der Waals surface area contributed by atoms with Crippen molar-refractivity contribution >= 4 is 23.4 Å². The lowest BCUT2D eigenvalue weighted by Gasteiger charge is -2.17. The van der Waals surface area contributed by atoms with E-state index in [1.54, 1.807) is 18.2 Å². The number of amides is 1. The number of nitrogen functional groups attached to an aromatic ring is 1. The van der Waals surface area contributed by atoms with Crippen molar-refractivity contribution in [3.8, 4) is 0 Å². The molecule has 3 aromatic carbocycles. The van der Waals surface area contributed by atoms with Gasteiger partial charge in [-0.3, -0.25) is 4.79 Å². The van der Waals surface area contributed by atoms with Crippen LogP contribution < -0.4 is 11.2 Å². The molecule has 0 saturated carbocycles. The van der Waals surface area contributed by atoms with Gasteiger partial charge in [0.05, 0.1) is 0 Å². The summed E-state index contributed by atoms with van der Waals surface area (Å²) in [7, 11) is 0. The largest absolute Gasteiger partial charge is 0.336 e. The van der Waals surface area contributed by atoms with Crippen LogP contribution in [-0.4, -0.2) is 20.8 Å². The smallest absolute Gasteiger partial charge is 0.242 e. The summed E-state index contributed by atoms with van der Waals surface area (Å²) in [5.74, 6) is 6.12. The van der Waals surface area contributed by atoms with E-state index in [0.717, 1.165) is 22.4 Å². The van der Waals surface area contributed by atoms with Crippen molar-refractivity contribution in [1.29, 1.82) is 0 Å². The van der Waals surface area contributed by atoms with Crippen molar-refractivity contribution in [2.24, 2.45) is 0 Å². The minimum atomic E-state index is -0.611.